The number of nitrogens with one attached hydrogen (secondary N) is 2. The van der Waals surface area contributed by atoms with Crippen molar-refractivity contribution in [3.8, 4) is 0 Å². The van der Waals surface area contributed by atoms with Gasteiger partial charge in [-0.3, -0.25) is 24.1 Å². The topological polar surface area (TPSA) is 95.6 Å². The van der Waals surface area contributed by atoms with Crippen LogP contribution in [0.15, 0.2) is 60.7 Å². The number of benzene rings is 2. The Morgan fingerprint density at radius 2 is 1.39 bits per heavy atom. The first-order valence-corrected chi connectivity index (χ1v) is 8.79. The molecular weight excluding hydrogens is 358 g/mol. The fraction of sp³-hybridized carbons (Fsp3) is 0.143. The first-order valence-electron chi connectivity index (χ1n) is 8.79. The van der Waals surface area contributed by atoms with Crippen LogP contribution in [0, 0.1) is 0 Å². The molecule has 0 atom stereocenters. The monoisotopic (exact) mass is 377 g/mol. The predicted octanol–water partition coefficient (Wildman–Crippen LogP) is 1.23. The van der Waals surface area contributed by atoms with E-state index < -0.39 is 17.7 Å². The minimum Gasteiger partial charge on any atom is -0.353 e. The largest absolute Gasteiger partial charge is 0.353 e. The summed E-state index contributed by atoms with van der Waals surface area (Å²) in [7, 11) is 0. The Hall–Kier alpha value is -3.74. The third-order valence-corrected chi connectivity index (χ3v) is 4.15. The second-order valence-corrected chi connectivity index (χ2v) is 6.13. The van der Waals surface area contributed by atoms with E-state index in [0.29, 0.717) is 11.1 Å². The average Bonchev–Trinajstić information content (AvgIpc) is 2.95. The maximum absolute atomic E-state index is 12.2. The molecule has 7 heteroatoms. The summed E-state index contributed by atoms with van der Waals surface area (Å²) in [4.78, 5) is 49.1. The molecule has 2 aromatic carbocycles. The molecule has 0 unspecified atom stereocenters. The van der Waals surface area contributed by atoms with Crippen molar-refractivity contribution in [2.45, 2.75) is 0 Å². The van der Waals surface area contributed by atoms with Crippen molar-refractivity contribution in [3.63, 3.8) is 0 Å². The lowest BCUT2D eigenvalue weighted by Crippen LogP contribution is -2.42. The average molecular weight is 377 g/mol. The normalized spacial score (nSPS) is 12.9. The van der Waals surface area contributed by atoms with Gasteiger partial charge in [-0.15, -0.1) is 0 Å². The second kappa shape index (κ2) is 8.77. The summed E-state index contributed by atoms with van der Waals surface area (Å²) in [5.41, 5.74) is 1.52. The van der Waals surface area contributed by atoms with Crippen LogP contribution in [0.4, 0.5) is 0 Å². The van der Waals surface area contributed by atoms with Crippen molar-refractivity contribution >= 4 is 29.7 Å². The highest BCUT2D eigenvalue weighted by Gasteiger charge is 2.36. The van der Waals surface area contributed by atoms with Crippen LogP contribution in [0.3, 0.4) is 0 Å². The Morgan fingerprint density at radius 3 is 2.04 bits per heavy atom. The summed E-state index contributed by atoms with van der Waals surface area (Å²) < 4.78 is 0. The highest BCUT2D eigenvalue weighted by atomic mass is 16.2. The van der Waals surface area contributed by atoms with Gasteiger partial charge in [-0.05, 0) is 23.8 Å². The molecule has 142 valence electrons. The number of imide groups is 1. The lowest BCUT2D eigenvalue weighted by Gasteiger charge is -2.13. The zero-order valence-corrected chi connectivity index (χ0v) is 15.1. The number of hydrogen-bond acceptors (Lipinski definition) is 4. The van der Waals surface area contributed by atoms with Gasteiger partial charge in [-0.2, -0.15) is 0 Å². The van der Waals surface area contributed by atoms with Crippen molar-refractivity contribution in [3.05, 3.63) is 77.4 Å². The van der Waals surface area contributed by atoms with Gasteiger partial charge in [0.15, 0.2) is 0 Å². The van der Waals surface area contributed by atoms with Crippen LogP contribution in [-0.2, 0) is 9.59 Å². The summed E-state index contributed by atoms with van der Waals surface area (Å²) in [6.45, 7) is 0.0624. The van der Waals surface area contributed by atoms with Gasteiger partial charge in [0.2, 0.25) is 11.8 Å². The molecule has 0 saturated heterocycles. The molecule has 0 bridgehead atoms. The Labute approximate surface area is 162 Å². The molecule has 0 spiro atoms. The highest BCUT2D eigenvalue weighted by Crippen LogP contribution is 2.21. The molecular formula is C21H19N3O4. The van der Waals surface area contributed by atoms with Crippen LogP contribution in [0.25, 0.3) is 6.08 Å². The maximum Gasteiger partial charge on any atom is 0.262 e. The Morgan fingerprint density at radius 1 is 0.821 bits per heavy atom. The van der Waals surface area contributed by atoms with Gasteiger partial charge in [0.1, 0.15) is 6.54 Å². The van der Waals surface area contributed by atoms with Gasteiger partial charge < -0.3 is 10.6 Å². The molecule has 3 rings (SSSR count). The standard InChI is InChI=1S/C21H19N3O4/c25-18(11-10-15-6-2-1-3-7-15)22-12-13-23-19(26)14-24-20(27)16-8-4-5-9-17(16)21(24)28/h1-11H,12-14H2,(H,22,25)(H,23,26)/b11-10+. The van der Waals surface area contributed by atoms with Crippen LogP contribution >= 0.6 is 0 Å². The zero-order chi connectivity index (χ0) is 19.9. The van der Waals surface area contributed by atoms with Crippen molar-refractivity contribution < 1.29 is 19.2 Å². The first-order chi connectivity index (χ1) is 13.6. The fourth-order valence-electron chi connectivity index (χ4n) is 2.76. The van der Waals surface area contributed by atoms with E-state index in [1.807, 2.05) is 30.3 Å². The van der Waals surface area contributed by atoms with Crippen molar-refractivity contribution in [1.82, 2.24) is 15.5 Å². The molecule has 28 heavy (non-hydrogen) atoms. The van der Waals surface area contributed by atoms with E-state index in [-0.39, 0.29) is 25.5 Å². The minimum absolute atomic E-state index is 0.187. The lowest BCUT2D eigenvalue weighted by atomic mass is 10.1. The van der Waals surface area contributed by atoms with E-state index in [4.69, 9.17) is 0 Å². The second-order valence-electron chi connectivity index (χ2n) is 6.13. The van der Waals surface area contributed by atoms with E-state index in [2.05, 4.69) is 10.6 Å². The van der Waals surface area contributed by atoms with Crippen LogP contribution < -0.4 is 10.6 Å². The van der Waals surface area contributed by atoms with E-state index >= 15 is 0 Å². The smallest absolute Gasteiger partial charge is 0.262 e. The van der Waals surface area contributed by atoms with E-state index in [1.165, 1.54) is 6.08 Å². The molecule has 0 fully saturated rings. The SMILES string of the molecule is O=C(/C=C/c1ccccc1)NCCNC(=O)CN1C(=O)c2ccccc2C1=O. The predicted molar refractivity (Wildman–Crippen MR) is 103 cm³/mol. The number of nitrogens with zero attached hydrogens (tertiary/aromatic N) is 1. The van der Waals surface area contributed by atoms with Crippen molar-refractivity contribution in [2.24, 2.45) is 0 Å². The van der Waals surface area contributed by atoms with Gasteiger partial charge in [0.05, 0.1) is 11.1 Å². The Balaban J connectivity index is 1.40. The van der Waals surface area contributed by atoms with Gasteiger partial charge >= 0.3 is 0 Å². The molecule has 1 aliphatic heterocycles. The van der Waals surface area contributed by atoms with Crippen LogP contribution in [0.1, 0.15) is 26.3 Å². The third kappa shape index (κ3) is 4.50. The van der Waals surface area contributed by atoms with Gasteiger partial charge in [0.25, 0.3) is 11.8 Å². The number of fused-ring (bicyclic) bond motifs is 1. The van der Waals surface area contributed by atoms with E-state index in [0.717, 1.165) is 10.5 Å². The molecule has 2 N–H and O–H groups in total. The molecule has 1 heterocycles. The zero-order valence-electron chi connectivity index (χ0n) is 15.1. The highest BCUT2D eigenvalue weighted by molar-refractivity contribution is 6.22. The molecule has 2 aromatic rings. The first kappa shape index (κ1) is 19.0. The van der Waals surface area contributed by atoms with Crippen LogP contribution in [0.2, 0.25) is 0 Å². The molecule has 0 saturated carbocycles. The number of hydrogen-bond donors (Lipinski definition) is 2. The summed E-state index contributed by atoms with van der Waals surface area (Å²) in [5, 5.41) is 5.23. The fourth-order valence-corrected chi connectivity index (χ4v) is 2.76. The number of rotatable bonds is 7. The van der Waals surface area contributed by atoms with Gasteiger partial charge in [-0.1, -0.05) is 42.5 Å². The molecule has 0 aliphatic carbocycles. The van der Waals surface area contributed by atoms with Gasteiger partial charge in [-0.25, -0.2) is 0 Å². The number of carbonyl (C=O) groups is 4. The molecule has 0 aromatic heterocycles. The lowest BCUT2D eigenvalue weighted by molar-refractivity contribution is -0.121. The summed E-state index contributed by atoms with van der Waals surface area (Å²) >= 11 is 0. The van der Waals surface area contributed by atoms with Crippen molar-refractivity contribution in [1.29, 1.82) is 0 Å². The quantitative estimate of drug-likeness (QED) is 0.431. The Kier molecular flexibility index (Phi) is 5.96. The Bertz CT molecular complexity index is 903. The number of amides is 4. The third-order valence-electron chi connectivity index (χ3n) is 4.15. The van der Waals surface area contributed by atoms with Crippen LogP contribution in [-0.4, -0.2) is 48.2 Å². The van der Waals surface area contributed by atoms with Crippen molar-refractivity contribution in [2.75, 3.05) is 19.6 Å². The maximum atomic E-state index is 12.2. The molecule has 4 amide bonds. The number of carbonyl (C=O) groups excluding carboxylic acids is 4. The summed E-state index contributed by atoms with van der Waals surface area (Å²) in [6, 6.07) is 15.9. The minimum atomic E-state index is -0.477. The summed E-state index contributed by atoms with van der Waals surface area (Å²) in [6.07, 6.45) is 3.10. The van der Waals surface area contributed by atoms with Crippen LogP contribution in [0.5, 0.6) is 0 Å². The van der Waals surface area contributed by atoms with E-state index in [1.54, 1.807) is 30.3 Å². The van der Waals surface area contributed by atoms with E-state index in [9.17, 15) is 19.2 Å². The molecule has 1 aliphatic rings. The molecule has 7 nitrogen and oxygen atoms in total. The summed E-state index contributed by atoms with van der Waals surface area (Å²) in [5.74, 6) is -1.70. The molecule has 0 radical (unpaired) electrons. The van der Waals surface area contributed by atoms with Gasteiger partial charge in [0, 0.05) is 19.2 Å².